The minimum Gasteiger partial charge on any atom is -0.481 e. The number of hydrogen-bond donors (Lipinski definition) is 2. The van der Waals surface area contributed by atoms with E-state index in [0.717, 1.165) is 38.3 Å². The van der Waals surface area contributed by atoms with Crippen LogP contribution >= 0.6 is 11.9 Å². The lowest BCUT2D eigenvalue weighted by atomic mass is 9.96. The number of carboxylic acid groups (broad SMARTS) is 2. The molecule has 0 bridgehead atoms. The van der Waals surface area contributed by atoms with Crippen LogP contribution in [0.5, 0.6) is 0 Å². The highest BCUT2D eigenvalue weighted by Gasteiger charge is 2.36. The van der Waals surface area contributed by atoms with E-state index < -0.39 is 11.9 Å². The maximum atomic E-state index is 12.4. The molecule has 0 saturated carbocycles. The van der Waals surface area contributed by atoms with E-state index >= 15 is 0 Å². The summed E-state index contributed by atoms with van der Waals surface area (Å²) in [7, 11) is 0. The van der Waals surface area contributed by atoms with E-state index in [-0.39, 0.29) is 30.7 Å². The number of likely N-dealkylation sites (tertiary alicyclic amines) is 1. The van der Waals surface area contributed by atoms with Gasteiger partial charge in [0.25, 0.3) is 0 Å². The lowest BCUT2D eigenvalue weighted by Crippen LogP contribution is -2.43. The molecule has 1 aromatic carbocycles. The van der Waals surface area contributed by atoms with Crippen molar-refractivity contribution >= 4 is 35.5 Å². The molecule has 1 aliphatic carbocycles. The van der Waals surface area contributed by atoms with Crippen LogP contribution in [0.1, 0.15) is 29.6 Å². The zero-order chi connectivity index (χ0) is 22.7. The van der Waals surface area contributed by atoms with Crippen molar-refractivity contribution in [2.24, 2.45) is 5.92 Å². The van der Waals surface area contributed by atoms with E-state index in [9.17, 15) is 14.4 Å². The SMILES string of the molecule is O=C(O)CCC(=O)N1CCC2C=C(SN3CCN(c4ccc(C(=O)O)cc4)CC3)C=CC21. The molecular weight excluding hydrogens is 430 g/mol. The van der Waals surface area contributed by atoms with Crippen molar-refractivity contribution in [2.75, 3.05) is 37.6 Å². The van der Waals surface area contributed by atoms with Crippen LogP contribution in [0.2, 0.25) is 0 Å². The average Bonchev–Trinajstić information content (AvgIpc) is 3.21. The van der Waals surface area contributed by atoms with Gasteiger partial charge in [0.1, 0.15) is 0 Å². The third kappa shape index (κ3) is 5.16. The van der Waals surface area contributed by atoms with Crippen LogP contribution in [0.3, 0.4) is 0 Å². The van der Waals surface area contributed by atoms with Crippen LogP contribution in [0.15, 0.2) is 47.4 Å². The van der Waals surface area contributed by atoms with Gasteiger partial charge in [-0.15, -0.1) is 0 Å². The van der Waals surface area contributed by atoms with Gasteiger partial charge in [-0.05, 0) is 48.7 Å². The number of hydrogen-bond acceptors (Lipinski definition) is 6. The minimum atomic E-state index is -0.941. The molecule has 2 N–H and O–H groups in total. The molecule has 2 saturated heterocycles. The van der Waals surface area contributed by atoms with Crippen molar-refractivity contribution in [1.82, 2.24) is 9.21 Å². The Morgan fingerprint density at radius 2 is 1.69 bits per heavy atom. The van der Waals surface area contributed by atoms with Gasteiger partial charge in [0.05, 0.1) is 18.0 Å². The maximum absolute atomic E-state index is 12.4. The first-order chi connectivity index (χ1) is 15.4. The molecule has 2 aliphatic heterocycles. The molecule has 3 aliphatic rings. The molecule has 170 valence electrons. The van der Waals surface area contributed by atoms with Gasteiger partial charge in [-0.25, -0.2) is 9.10 Å². The molecule has 8 nitrogen and oxygen atoms in total. The van der Waals surface area contributed by atoms with E-state index in [4.69, 9.17) is 10.2 Å². The predicted molar refractivity (Wildman–Crippen MR) is 122 cm³/mol. The van der Waals surface area contributed by atoms with Crippen molar-refractivity contribution < 1.29 is 24.6 Å². The maximum Gasteiger partial charge on any atom is 0.335 e. The fraction of sp³-hybridized carbons (Fsp3) is 0.435. The van der Waals surface area contributed by atoms with Gasteiger partial charge in [-0.3, -0.25) is 9.59 Å². The zero-order valence-corrected chi connectivity index (χ0v) is 18.5. The van der Waals surface area contributed by atoms with Crippen LogP contribution in [0.25, 0.3) is 0 Å². The second kappa shape index (κ2) is 9.79. The Morgan fingerprint density at radius 1 is 0.969 bits per heavy atom. The van der Waals surface area contributed by atoms with Crippen LogP contribution in [-0.2, 0) is 9.59 Å². The fourth-order valence-electron chi connectivity index (χ4n) is 4.44. The summed E-state index contributed by atoms with van der Waals surface area (Å²) in [5, 5.41) is 17.9. The van der Waals surface area contributed by atoms with Gasteiger partial charge in [0.15, 0.2) is 0 Å². The standard InChI is InChI=1S/C23H27N3O5S/c27-21(7-8-22(28)29)26-10-9-17-15-19(5-6-20(17)26)32-25-13-11-24(12-14-25)18-3-1-16(2-4-18)23(30)31/h1-6,15,17,20H,7-14H2,(H,28,29)(H,30,31). The molecule has 4 rings (SSSR count). The summed E-state index contributed by atoms with van der Waals surface area (Å²) in [5.41, 5.74) is 1.34. The summed E-state index contributed by atoms with van der Waals surface area (Å²) in [4.78, 5) is 39.4. The van der Waals surface area contributed by atoms with Crippen LogP contribution in [0, 0.1) is 5.92 Å². The third-order valence-corrected chi connectivity index (χ3v) is 7.27. The van der Waals surface area contributed by atoms with Crippen molar-refractivity contribution in [3.8, 4) is 0 Å². The molecule has 1 amide bonds. The number of allylic oxidation sites excluding steroid dienone is 1. The highest BCUT2D eigenvalue weighted by atomic mass is 32.2. The quantitative estimate of drug-likeness (QED) is 0.603. The van der Waals surface area contributed by atoms with Gasteiger partial charge >= 0.3 is 11.9 Å². The summed E-state index contributed by atoms with van der Waals surface area (Å²) < 4.78 is 2.34. The second-order valence-corrected chi connectivity index (χ2v) is 9.38. The first-order valence-electron chi connectivity index (χ1n) is 10.8. The first-order valence-corrected chi connectivity index (χ1v) is 11.6. The average molecular weight is 458 g/mol. The molecule has 2 unspecified atom stereocenters. The van der Waals surface area contributed by atoms with Crippen LogP contribution in [-0.4, -0.2) is 76.0 Å². The third-order valence-electron chi connectivity index (χ3n) is 6.16. The Bertz CT molecular complexity index is 937. The van der Waals surface area contributed by atoms with E-state index in [0.29, 0.717) is 12.1 Å². The molecule has 2 heterocycles. The number of carbonyl (C=O) groups is 3. The summed E-state index contributed by atoms with van der Waals surface area (Å²) in [5.74, 6) is -1.65. The Kier molecular flexibility index (Phi) is 6.86. The molecule has 32 heavy (non-hydrogen) atoms. The van der Waals surface area contributed by atoms with Crippen LogP contribution in [0.4, 0.5) is 5.69 Å². The summed E-state index contributed by atoms with van der Waals surface area (Å²) in [6.45, 7) is 4.20. The topological polar surface area (TPSA) is 101 Å². The molecule has 0 aromatic heterocycles. The molecule has 0 radical (unpaired) electrons. The summed E-state index contributed by atoms with van der Waals surface area (Å²) >= 11 is 1.74. The van der Waals surface area contributed by atoms with Crippen molar-refractivity contribution in [3.05, 3.63) is 53.0 Å². The molecule has 9 heteroatoms. The molecule has 2 fully saturated rings. The van der Waals surface area contributed by atoms with Gasteiger partial charge in [0.2, 0.25) is 5.91 Å². The Morgan fingerprint density at radius 3 is 2.34 bits per heavy atom. The number of piperazine rings is 1. The molecule has 1 aromatic rings. The van der Waals surface area contributed by atoms with Gasteiger partial charge in [0, 0.05) is 55.7 Å². The van der Waals surface area contributed by atoms with E-state index in [1.807, 2.05) is 17.0 Å². The largest absolute Gasteiger partial charge is 0.481 e. The van der Waals surface area contributed by atoms with Crippen molar-refractivity contribution in [1.29, 1.82) is 0 Å². The van der Waals surface area contributed by atoms with Gasteiger partial charge in [-0.1, -0.05) is 12.2 Å². The number of amides is 1. The Labute approximate surface area is 191 Å². The van der Waals surface area contributed by atoms with Gasteiger partial charge in [-0.2, -0.15) is 0 Å². The number of anilines is 1. The summed E-state index contributed by atoms with van der Waals surface area (Å²) in [6, 6.07) is 7.05. The number of carbonyl (C=O) groups excluding carboxylic acids is 1. The zero-order valence-electron chi connectivity index (χ0n) is 17.7. The fourth-order valence-corrected chi connectivity index (χ4v) is 5.46. The normalized spacial score (nSPS) is 23.1. The first kappa shape index (κ1) is 22.4. The number of nitrogens with zero attached hydrogens (tertiary/aromatic N) is 3. The van der Waals surface area contributed by atoms with E-state index in [1.54, 1.807) is 24.1 Å². The summed E-state index contributed by atoms with van der Waals surface area (Å²) in [6.07, 6.45) is 7.24. The van der Waals surface area contributed by atoms with E-state index in [2.05, 4.69) is 27.4 Å². The number of rotatable bonds is 7. The van der Waals surface area contributed by atoms with Gasteiger partial charge < -0.3 is 20.0 Å². The molecule has 0 spiro atoms. The smallest absolute Gasteiger partial charge is 0.335 e. The highest BCUT2D eigenvalue weighted by molar-refractivity contribution is 8.01. The monoisotopic (exact) mass is 457 g/mol. The Hall–Kier alpha value is -2.78. The van der Waals surface area contributed by atoms with Crippen molar-refractivity contribution in [3.63, 3.8) is 0 Å². The Balaban J connectivity index is 1.27. The number of fused-ring (bicyclic) bond motifs is 1. The minimum absolute atomic E-state index is 0.0336. The number of carboxylic acids is 2. The molecular formula is C23H27N3O5S. The van der Waals surface area contributed by atoms with Crippen LogP contribution < -0.4 is 4.90 Å². The van der Waals surface area contributed by atoms with Crippen molar-refractivity contribution in [2.45, 2.75) is 25.3 Å². The van der Waals surface area contributed by atoms with E-state index in [1.165, 1.54) is 4.91 Å². The lowest BCUT2D eigenvalue weighted by Gasteiger charge is -2.36. The lowest BCUT2D eigenvalue weighted by molar-refractivity contribution is -0.141. The number of aliphatic carboxylic acids is 1. The second-order valence-electron chi connectivity index (χ2n) is 8.21. The highest BCUT2D eigenvalue weighted by Crippen LogP contribution is 2.36. The number of benzene rings is 1. The predicted octanol–water partition coefficient (Wildman–Crippen LogP) is 2.69. The number of aromatic carboxylic acids is 1. The molecule has 2 atom stereocenters.